The van der Waals surface area contributed by atoms with Crippen molar-refractivity contribution < 1.29 is 9.90 Å². The van der Waals surface area contributed by atoms with Crippen molar-refractivity contribution in [2.24, 2.45) is 5.92 Å². The maximum absolute atomic E-state index is 10.9. The number of benzene rings is 1. The summed E-state index contributed by atoms with van der Waals surface area (Å²) < 4.78 is 0. The fourth-order valence-electron chi connectivity index (χ4n) is 3.90. The van der Waals surface area contributed by atoms with Crippen LogP contribution in [-0.4, -0.2) is 28.1 Å². The summed E-state index contributed by atoms with van der Waals surface area (Å²) in [4.78, 5) is 13.4. The molecule has 108 valence electrons. The molecule has 1 N–H and O–H groups in total. The maximum Gasteiger partial charge on any atom is 0.303 e. The minimum atomic E-state index is -0.655. The highest BCUT2D eigenvalue weighted by Gasteiger charge is 2.40. The van der Waals surface area contributed by atoms with Crippen molar-refractivity contribution in [2.45, 2.75) is 50.7 Å². The second-order valence-corrected chi connectivity index (χ2v) is 6.56. The molecule has 2 aliphatic heterocycles. The molecule has 3 nitrogen and oxygen atoms in total. The first-order valence-corrected chi connectivity index (χ1v) is 7.71. The third-order valence-corrected chi connectivity index (χ3v) is 4.93. The van der Waals surface area contributed by atoms with Crippen molar-refractivity contribution in [3.05, 3.63) is 34.9 Å². The Morgan fingerprint density at radius 2 is 2.00 bits per heavy atom. The standard InChI is InChI=1S/C16H20ClNO2/c17-13-3-1-2-11(6-13)10-18-14-4-5-15(18)8-12(7-14)9-16(19)20/h1-3,6,12,14-15H,4-5,7-10H2,(H,19,20). The molecular weight excluding hydrogens is 274 g/mol. The molecule has 4 heteroatoms. The zero-order valence-electron chi connectivity index (χ0n) is 11.5. The van der Waals surface area contributed by atoms with Crippen LogP contribution >= 0.6 is 11.6 Å². The van der Waals surface area contributed by atoms with Gasteiger partial charge in [-0.25, -0.2) is 0 Å². The second-order valence-electron chi connectivity index (χ2n) is 6.12. The van der Waals surface area contributed by atoms with Crippen LogP contribution < -0.4 is 0 Å². The molecule has 2 saturated heterocycles. The summed E-state index contributed by atoms with van der Waals surface area (Å²) >= 11 is 6.05. The number of piperidine rings is 1. The van der Waals surface area contributed by atoms with Gasteiger partial charge >= 0.3 is 5.97 Å². The van der Waals surface area contributed by atoms with Crippen LogP contribution in [0.25, 0.3) is 0 Å². The SMILES string of the molecule is O=C(O)CC1CC2CCC(C1)N2Cc1cccc(Cl)c1. The lowest BCUT2D eigenvalue weighted by molar-refractivity contribution is -0.138. The Morgan fingerprint density at radius 1 is 1.30 bits per heavy atom. The molecule has 0 saturated carbocycles. The van der Waals surface area contributed by atoms with Gasteiger partial charge in [-0.05, 0) is 49.3 Å². The van der Waals surface area contributed by atoms with Gasteiger partial charge in [0, 0.05) is 30.1 Å². The van der Waals surface area contributed by atoms with Crippen LogP contribution in [0.4, 0.5) is 0 Å². The van der Waals surface area contributed by atoms with Gasteiger partial charge in [0.2, 0.25) is 0 Å². The summed E-state index contributed by atoms with van der Waals surface area (Å²) in [6.45, 7) is 0.940. The Balaban J connectivity index is 1.66. The Bertz CT molecular complexity index is 491. The van der Waals surface area contributed by atoms with Gasteiger partial charge in [0.15, 0.2) is 0 Å². The third-order valence-electron chi connectivity index (χ3n) is 4.70. The first kappa shape index (κ1) is 13.9. The van der Waals surface area contributed by atoms with Crippen LogP contribution in [0.1, 0.15) is 37.7 Å². The number of rotatable bonds is 4. The predicted octanol–water partition coefficient (Wildman–Crippen LogP) is 3.56. The van der Waals surface area contributed by atoms with E-state index in [4.69, 9.17) is 16.7 Å². The fraction of sp³-hybridized carbons (Fsp3) is 0.562. The van der Waals surface area contributed by atoms with Crippen LogP contribution in [0.2, 0.25) is 5.02 Å². The molecule has 0 radical (unpaired) electrons. The summed E-state index contributed by atoms with van der Waals surface area (Å²) in [5.74, 6) is -0.293. The van der Waals surface area contributed by atoms with Gasteiger partial charge in [-0.15, -0.1) is 0 Å². The molecule has 2 atom stereocenters. The number of hydrogen-bond donors (Lipinski definition) is 1. The first-order chi connectivity index (χ1) is 9.61. The van der Waals surface area contributed by atoms with Crippen molar-refractivity contribution in [1.29, 1.82) is 0 Å². The highest BCUT2D eigenvalue weighted by Crippen LogP contribution is 2.40. The number of carboxylic acids is 1. The lowest BCUT2D eigenvalue weighted by Crippen LogP contribution is -2.42. The molecule has 0 aliphatic carbocycles. The van der Waals surface area contributed by atoms with E-state index in [0.29, 0.717) is 24.4 Å². The van der Waals surface area contributed by atoms with Crippen molar-refractivity contribution in [1.82, 2.24) is 4.90 Å². The molecule has 0 spiro atoms. The number of aliphatic carboxylic acids is 1. The molecule has 1 aromatic carbocycles. The van der Waals surface area contributed by atoms with Gasteiger partial charge in [-0.2, -0.15) is 0 Å². The van der Waals surface area contributed by atoms with Crippen LogP contribution in [-0.2, 0) is 11.3 Å². The molecular formula is C16H20ClNO2. The normalized spacial score (nSPS) is 29.6. The molecule has 0 aromatic heterocycles. The number of halogens is 1. The highest BCUT2D eigenvalue weighted by atomic mass is 35.5. The van der Waals surface area contributed by atoms with E-state index < -0.39 is 5.97 Å². The van der Waals surface area contributed by atoms with Crippen LogP contribution in [0.15, 0.2) is 24.3 Å². The van der Waals surface area contributed by atoms with E-state index in [0.717, 1.165) is 24.4 Å². The van der Waals surface area contributed by atoms with Crippen LogP contribution in [0, 0.1) is 5.92 Å². The van der Waals surface area contributed by atoms with Gasteiger partial charge in [0.05, 0.1) is 0 Å². The molecule has 0 amide bonds. The smallest absolute Gasteiger partial charge is 0.303 e. The molecule has 2 aliphatic rings. The average Bonchev–Trinajstić information content (AvgIpc) is 2.61. The van der Waals surface area contributed by atoms with Crippen molar-refractivity contribution in [3.8, 4) is 0 Å². The molecule has 1 aromatic rings. The van der Waals surface area contributed by atoms with Gasteiger partial charge in [0.1, 0.15) is 0 Å². The van der Waals surface area contributed by atoms with Gasteiger partial charge in [-0.3, -0.25) is 9.69 Å². The van der Waals surface area contributed by atoms with E-state index in [2.05, 4.69) is 11.0 Å². The predicted molar refractivity (Wildman–Crippen MR) is 78.8 cm³/mol. The van der Waals surface area contributed by atoms with E-state index in [-0.39, 0.29) is 0 Å². The summed E-state index contributed by atoms with van der Waals surface area (Å²) in [5.41, 5.74) is 1.26. The minimum Gasteiger partial charge on any atom is -0.481 e. The van der Waals surface area contributed by atoms with Crippen molar-refractivity contribution >= 4 is 17.6 Å². The Kier molecular flexibility index (Phi) is 3.99. The first-order valence-electron chi connectivity index (χ1n) is 7.34. The Labute approximate surface area is 124 Å². The van der Waals surface area contributed by atoms with E-state index in [1.165, 1.54) is 18.4 Å². The third kappa shape index (κ3) is 2.99. The van der Waals surface area contributed by atoms with E-state index in [1.54, 1.807) is 0 Å². The largest absolute Gasteiger partial charge is 0.481 e. The number of carbonyl (C=O) groups is 1. The molecule has 2 bridgehead atoms. The fourth-order valence-corrected chi connectivity index (χ4v) is 4.12. The highest BCUT2D eigenvalue weighted by molar-refractivity contribution is 6.30. The van der Waals surface area contributed by atoms with Crippen LogP contribution in [0.5, 0.6) is 0 Å². The van der Waals surface area contributed by atoms with E-state index in [9.17, 15) is 4.79 Å². The van der Waals surface area contributed by atoms with Gasteiger partial charge < -0.3 is 5.11 Å². The minimum absolute atomic E-state index is 0.331. The maximum atomic E-state index is 10.9. The van der Waals surface area contributed by atoms with Gasteiger partial charge in [-0.1, -0.05) is 23.7 Å². The van der Waals surface area contributed by atoms with E-state index in [1.807, 2.05) is 18.2 Å². The molecule has 2 unspecified atom stereocenters. The molecule has 2 fully saturated rings. The monoisotopic (exact) mass is 293 g/mol. The lowest BCUT2D eigenvalue weighted by atomic mass is 9.88. The van der Waals surface area contributed by atoms with E-state index >= 15 is 0 Å². The number of carboxylic acid groups (broad SMARTS) is 1. The zero-order chi connectivity index (χ0) is 14.1. The Morgan fingerprint density at radius 3 is 2.60 bits per heavy atom. The summed E-state index contributed by atoms with van der Waals surface area (Å²) in [6, 6.07) is 9.16. The lowest BCUT2D eigenvalue weighted by Gasteiger charge is -2.38. The van der Waals surface area contributed by atoms with Crippen LogP contribution in [0.3, 0.4) is 0 Å². The number of fused-ring (bicyclic) bond motifs is 2. The quantitative estimate of drug-likeness (QED) is 0.923. The molecule has 20 heavy (non-hydrogen) atoms. The number of nitrogens with zero attached hydrogens (tertiary/aromatic N) is 1. The topological polar surface area (TPSA) is 40.5 Å². The summed E-state index contributed by atoms with van der Waals surface area (Å²) in [6.07, 6.45) is 4.81. The zero-order valence-corrected chi connectivity index (χ0v) is 12.2. The van der Waals surface area contributed by atoms with Crippen molar-refractivity contribution in [2.75, 3.05) is 0 Å². The Hall–Kier alpha value is -1.06. The van der Waals surface area contributed by atoms with Gasteiger partial charge in [0.25, 0.3) is 0 Å². The second kappa shape index (κ2) is 5.74. The molecule has 2 heterocycles. The van der Waals surface area contributed by atoms with Crippen molar-refractivity contribution in [3.63, 3.8) is 0 Å². The summed E-state index contributed by atoms with van der Waals surface area (Å²) in [7, 11) is 0. The molecule has 3 rings (SSSR count). The summed E-state index contributed by atoms with van der Waals surface area (Å²) in [5, 5.41) is 9.75. The average molecular weight is 294 g/mol. The number of hydrogen-bond acceptors (Lipinski definition) is 2.